The molecule has 6 heteroatoms. The molecule has 1 aromatic carbocycles. The van der Waals surface area contributed by atoms with Crippen LogP contribution < -0.4 is 9.64 Å². The molecule has 2 fully saturated rings. The van der Waals surface area contributed by atoms with Crippen molar-refractivity contribution >= 4 is 5.82 Å². The lowest BCUT2D eigenvalue weighted by atomic mass is 10.1. The topological polar surface area (TPSA) is 50.7 Å². The van der Waals surface area contributed by atoms with Crippen molar-refractivity contribution in [3.05, 3.63) is 48.3 Å². The fourth-order valence-corrected chi connectivity index (χ4v) is 3.79. The minimum absolute atomic E-state index is 0.0705. The van der Waals surface area contributed by atoms with E-state index in [2.05, 4.69) is 50.1 Å². The monoisotopic (exact) mass is 354 g/mol. The van der Waals surface area contributed by atoms with Crippen molar-refractivity contribution in [3.8, 4) is 5.88 Å². The van der Waals surface area contributed by atoms with E-state index in [-0.39, 0.29) is 12.2 Å². The molecule has 2 aliphatic heterocycles. The highest BCUT2D eigenvalue weighted by molar-refractivity contribution is 5.49. The second-order valence-corrected chi connectivity index (χ2v) is 7.19. The van der Waals surface area contributed by atoms with Crippen LogP contribution >= 0.6 is 0 Å². The first kappa shape index (κ1) is 17.2. The number of nitrogens with zero attached hydrogens (tertiary/aromatic N) is 4. The molecule has 4 rings (SSSR count). The third kappa shape index (κ3) is 3.66. The molecule has 2 atom stereocenters. The Labute approximate surface area is 154 Å². The van der Waals surface area contributed by atoms with Crippen LogP contribution in [0.25, 0.3) is 0 Å². The predicted molar refractivity (Wildman–Crippen MR) is 100 cm³/mol. The lowest BCUT2D eigenvalue weighted by molar-refractivity contribution is -0.0499. The molecule has 2 saturated heterocycles. The van der Waals surface area contributed by atoms with E-state index in [0.717, 1.165) is 38.6 Å². The van der Waals surface area contributed by atoms with Crippen molar-refractivity contribution in [2.45, 2.75) is 38.6 Å². The summed E-state index contributed by atoms with van der Waals surface area (Å²) >= 11 is 0. The number of aromatic nitrogens is 2. The third-order valence-electron chi connectivity index (χ3n) is 4.94. The summed E-state index contributed by atoms with van der Waals surface area (Å²) in [5.74, 6) is 1.43. The van der Waals surface area contributed by atoms with Crippen LogP contribution in [0.1, 0.15) is 19.4 Å². The molecule has 2 aromatic rings. The predicted octanol–water partition coefficient (Wildman–Crippen LogP) is 2.35. The quantitative estimate of drug-likeness (QED) is 0.822. The Kier molecular flexibility index (Phi) is 5.04. The van der Waals surface area contributed by atoms with Gasteiger partial charge in [0.05, 0.1) is 24.9 Å². The molecule has 0 bridgehead atoms. The molecule has 0 amide bonds. The van der Waals surface area contributed by atoms with E-state index in [1.165, 1.54) is 5.56 Å². The standard InChI is InChI=1S/C20H26N4O2/c1-15(2)26-20-19(21-8-9-22-20)24-13-17-18(14-24)25-11-10-23(17)12-16-6-4-3-5-7-16/h3-9,15,17-18H,10-14H2,1-2H3. The summed E-state index contributed by atoms with van der Waals surface area (Å²) in [6.45, 7) is 8.40. The van der Waals surface area contributed by atoms with Gasteiger partial charge in [-0.2, -0.15) is 0 Å². The molecule has 0 N–H and O–H groups in total. The molecule has 2 unspecified atom stereocenters. The summed E-state index contributed by atoms with van der Waals surface area (Å²) in [6.07, 6.45) is 3.68. The molecule has 0 saturated carbocycles. The van der Waals surface area contributed by atoms with E-state index in [0.29, 0.717) is 11.9 Å². The molecule has 1 aromatic heterocycles. The Hall–Kier alpha value is -2.18. The zero-order valence-corrected chi connectivity index (χ0v) is 15.4. The molecule has 138 valence electrons. The van der Waals surface area contributed by atoms with E-state index >= 15 is 0 Å². The first-order chi connectivity index (χ1) is 12.7. The molecule has 0 spiro atoms. The summed E-state index contributed by atoms with van der Waals surface area (Å²) in [5.41, 5.74) is 1.34. The van der Waals surface area contributed by atoms with Gasteiger partial charge < -0.3 is 14.4 Å². The van der Waals surface area contributed by atoms with Crippen molar-refractivity contribution in [1.82, 2.24) is 14.9 Å². The number of benzene rings is 1. The Morgan fingerprint density at radius 2 is 1.96 bits per heavy atom. The Morgan fingerprint density at radius 3 is 2.77 bits per heavy atom. The third-order valence-corrected chi connectivity index (χ3v) is 4.94. The van der Waals surface area contributed by atoms with E-state index in [9.17, 15) is 0 Å². The van der Waals surface area contributed by atoms with Crippen molar-refractivity contribution in [3.63, 3.8) is 0 Å². The van der Waals surface area contributed by atoms with Gasteiger partial charge in [-0.25, -0.2) is 9.97 Å². The summed E-state index contributed by atoms with van der Waals surface area (Å²) in [6, 6.07) is 11.0. The highest BCUT2D eigenvalue weighted by atomic mass is 16.5. The average molecular weight is 354 g/mol. The number of ether oxygens (including phenoxy) is 2. The molecular weight excluding hydrogens is 328 g/mol. The minimum Gasteiger partial charge on any atom is -0.472 e. The number of fused-ring (bicyclic) bond motifs is 1. The number of rotatable bonds is 5. The van der Waals surface area contributed by atoms with Gasteiger partial charge in [-0.1, -0.05) is 30.3 Å². The van der Waals surface area contributed by atoms with Gasteiger partial charge in [0.1, 0.15) is 0 Å². The summed E-state index contributed by atoms with van der Waals surface area (Å²) < 4.78 is 11.9. The lowest BCUT2D eigenvalue weighted by Crippen LogP contribution is -2.50. The van der Waals surface area contributed by atoms with Gasteiger partial charge in [0.2, 0.25) is 0 Å². The highest BCUT2D eigenvalue weighted by Crippen LogP contribution is 2.31. The fourth-order valence-electron chi connectivity index (χ4n) is 3.79. The Morgan fingerprint density at radius 1 is 1.15 bits per heavy atom. The van der Waals surface area contributed by atoms with Crippen LogP contribution in [-0.4, -0.2) is 59.4 Å². The number of anilines is 1. The van der Waals surface area contributed by atoms with E-state index in [1.807, 2.05) is 13.8 Å². The smallest absolute Gasteiger partial charge is 0.257 e. The largest absolute Gasteiger partial charge is 0.472 e. The van der Waals surface area contributed by atoms with Crippen molar-refractivity contribution in [1.29, 1.82) is 0 Å². The molecule has 0 aliphatic carbocycles. The maximum absolute atomic E-state index is 6.07. The second kappa shape index (κ2) is 7.60. The van der Waals surface area contributed by atoms with Crippen LogP contribution in [0.4, 0.5) is 5.82 Å². The van der Waals surface area contributed by atoms with Crippen LogP contribution in [0.15, 0.2) is 42.7 Å². The van der Waals surface area contributed by atoms with Gasteiger partial charge in [0.25, 0.3) is 5.88 Å². The first-order valence-electron chi connectivity index (χ1n) is 9.33. The van der Waals surface area contributed by atoms with Gasteiger partial charge in [0.15, 0.2) is 5.82 Å². The summed E-state index contributed by atoms with van der Waals surface area (Å²) in [7, 11) is 0. The first-order valence-corrected chi connectivity index (χ1v) is 9.33. The molecular formula is C20H26N4O2. The maximum Gasteiger partial charge on any atom is 0.257 e. The normalized spacial score (nSPS) is 23.3. The Balaban J connectivity index is 1.51. The number of hydrogen-bond donors (Lipinski definition) is 0. The van der Waals surface area contributed by atoms with Crippen LogP contribution in [-0.2, 0) is 11.3 Å². The highest BCUT2D eigenvalue weighted by Gasteiger charge is 2.41. The zero-order valence-electron chi connectivity index (χ0n) is 15.4. The van der Waals surface area contributed by atoms with Crippen LogP contribution in [0.3, 0.4) is 0 Å². The van der Waals surface area contributed by atoms with Gasteiger partial charge in [-0.3, -0.25) is 4.90 Å². The summed E-state index contributed by atoms with van der Waals surface area (Å²) in [4.78, 5) is 13.7. The van der Waals surface area contributed by atoms with Gasteiger partial charge in [-0.05, 0) is 19.4 Å². The van der Waals surface area contributed by atoms with Crippen LogP contribution in [0, 0.1) is 0 Å². The van der Waals surface area contributed by atoms with Crippen molar-refractivity contribution in [2.75, 3.05) is 31.1 Å². The maximum atomic E-state index is 6.07. The number of hydrogen-bond acceptors (Lipinski definition) is 6. The average Bonchev–Trinajstić information content (AvgIpc) is 3.08. The molecule has 3 heterocycles. The zero-order chi connectivity index (χ0) is 17.9. The summed E-state index contributed by atoms with van der Waals surface area (Å²) in [5, 5.41) is 0. The minimum atomic E-state index is 0.0705. The lowest BCUT2D eigenvalue weighted by Gasteiger charge is -2.36. The second-order valence-electron chi connectivity index (χ2n) is 7.19. The molecule has 0 radical (unpaired) electrons. The molecule has 26 heavy (non-hydrogen) atoms. The van der Waals surface area contributed by atoms with E-state index in [1.54, 1.807) is 12.4 Å². The van der Waals surface area contributed by atoms with Gasteiger partial charge in [-0.15, -0.1) is 0 Å². The molecule has 2 aliphatic rings. The van der Waals surface area contributed by atoms with E-state index < -0.39 is 0 Å². The fraction of sp³-hybridized carbons (Fsp3) is 0.500. The molecule has 6 nitrogen and oxygen atoms in total. The van der Waals surface area contributed by atoms with Crippen LogP contribution in [0.5, 0.6) is 5.88 Å². The Bertz CT molecular complexity index is 725. The van der Waals surface area contributed by atoms with Crippen molar-refractivity contribution in [2.24, 2.45) is 0 Å². The SMILES string of the molecule is CC(C)Oc1nccnc1N1CC2OCCN(Cc3ccccc3)C2C1. The van der Waals surface area contributed by atoms with Crippen molar-refractivity contribution < 1.29 is 9.47 Å². The number of morpholine rings is 1. The van der Waals surface area contributed by atoms with Gasteiger partial charge >= 0.3 is 0 Å². The van der Waals surface area contributed by atoms with E-state index in [4.69, 9.17) is 9.47 Å². The van der Waals surface area contributed by atoms with Gasteiger partial charge in [0, 0.05) is 38.6 Å². The van der Waals surface area contributed by atoms with Crippen LogP contribution in [0.2, 0.25) is 0 Å².